The van der Waals surface area contributed by atoms with Crippen LogP contribution in [0.1, 0.15) is 49.9 Å². The van der Waals surface area contributed by atoms with Crippen LogP contribution in [0.2, 0.25) is 0 Å². The molecule has 3 rings (SSSR count). The molecule has 0 amide bonds. The maximum Gasteiger partial charge on any atom is 0.269 e. The molecular weight excluding hydrogens is 258 g/mol. The van der Waals surface area contributed by atoms with E-state index in [0.29, 0.717) is 17.4 Å². The Labute approximate surface area is 116 Å². The van der Waals surface area contributed by atoms with Crippen LogP contribution >= 0.6 is 11.3 Å². The molecule has 1 aliphatic rings. The summed E-state index contributed by atoms with van der Waals surface area (Å²) in [6.45, 7) is 2.29. The third-order valence-corrected chi connectivity index (χ3v) is 4.71. The first-order chi connectivity index (χ1) is 9.28. The topological polar surface area (TPSA) is 62.7 Å². The number of thiophene rings is 1. The Hall–Kier alpha value is -1.67. The van der Waals surface area contributed by atoms with E-state index in [1.54, 1.807) is 6.07 Å². The highest BCUT2D eigenvalue weighted by Crippen LogP contribution is 2.35. The van der Waals surface area contributed by atoms with Crippen LogP contribution in [0.5, 0.6) is 0 Å². The second-order valence-electron chi connectivity index (χ2n) is 5.19. The average molecular weight is 273 g/mol. The summed E-state index contributed by atoms with van der Waals surface area (Å²) in [7, 11) is 0. The summed E-state index contributed by atoms with van der Waals surface area (Å²) in [4.78, 5) is 5.27. The van der Waals surface area contributed by atoms with Crippen molar-refractivity contribution in [3.05, 3.63) is 22.8 Å². The quantitative estimate of drug-likeness (QED) is 0.830. The minimum absolute atomic E-state index is 0.416. The molecule has 0 unspecified atom stereocenters. The van der Waals surface area contributed by atoms with Crippen molar-refractivity contribution in [2.24, 2.45) is 5.92 Å². The Morgan fingerprint density at radius 1 is 1.37 bits per heavy atom. The van der Waals surface area contributed by atoms with Crippen molar-refractivity contribution in [3.63, 3.8) is 0 Å². The molecular formula is C14H15N3OS. The molecule has 0 radical (unpaired) electrons. The predicted octanol–water partition coefficient (Wildman–Crippen LogP) is 3.96. The van der Waals surface area contributed by atoms with Gasteiger partial charge in [-0.05, 0) is 30.2 Å². The molecule has 2 aromatic heterocycles. The molecule has 98 valence electrons. The number of nitriles is 1. The Morgan fingerprint density at radius 3 is 2.89 bits per heavy atom. The van der Waals surface area contributed by atoms with Crippen molar-refractivity contribution < 1.29 is 4.52 Å². The molecule has 2 heterocycles. The Kier molecular flexibility index (Phi) is 3.34. The molecule has 5 heteroatoms. The molecule has 0 saturated heterocycles. The van der Waals surface area contributed by atoms with Gasteiger partial charge in [0.2, 0.25) is 0 Å². The lowest BCUT2D eigenvalue weighted by atomic mass is 9.83. The van der Waals surface area contributed by atoms with Crippen LogP contribution in [0.25, 0.3) is 10.8 Å². The van der Waals surface area contributed by atoms with Crippen LogP contribution < -0.4 is 0 Å². The summed E-state index contributed by atoms with van der Waals surface area (Å²) in [6.07, 6.45) is 4.74. The fourth-order valence-corrected chi connectivity index (χ4v) is 3.34. The van der Waals surface area contributed by atoms with Gasteiger partial charge in [0.25, 0.3) is 5.89 Å². The standard InChI is InChI=1S/C14H15N3OS/c1-9-2-4-10(5-3-9)13-16-14(18-17-13)12-11(8-15)6-7-19-12/h6-7,9-10H,2-5H2,1H3. The zero-order valence-corrected chi connectivity index (χ0v) is 11.6. The van der Waals surface area contributed by atoms with E-state index < -0.39 is 0 Å². The van der Waals surface area contributed by atoms with E-state index in [1.165, 1.54) is 24.2 Å². The van der Waals surface area contributed by atoms with E-state index in [0.717, 1.165) is 29.5 Å². The van der Waals surface area contributed by atoms with E-state index in [9.17, 15) is 0 Å². The maximum absolute atomic E-state index is 9.02. The van der Waals surface area contributed by atoms with E-state index in [2.05, 4.69) is 23.1 Å². The van der Waals surface area contributed by atoms with Gasteiger partial charge in [-0.25, -0.2) is 0 Å². The SMILES string of the molecule is CC1CCC(c2noc(-c3sccc3C#N)n2)CC1. The third kappa shape index (κ3) is 2.41. The normalized spacial score (nSPS) is 23.2. The van der Waals surface area contributed by atoms with Gasteiger partial charge in [0.15, 0.2) is 5.82 Å². The highest BCUT2D eigenvalue weighted by Gasteiger charge is 2.25. The van der Waals surface area contributed by atoms with Crippen LogP contribution in [0.4, 0.5) is 0 Å². The monoisotopic (exact) mass is 273 g/mol. The third-order valence-electron chi connectivity index (χ3n) is 3.80. The Bertz CT molecular complexity index is 602. The molecule has 0 aliphatic heterocycles. The first kappa shape index (κ1) is 12.4. The molecule has 19 heavy (non-hydrogen) atoms. The average Bonchev–Trinajstić information content (AvgIpc) is 3.07. The summed E-state index contributed by atoms with van der Waals surface area (Å²) in [5, 5.41) is 15.0. The summed E-state index contributed by atoms with van der Waals surface area (Å²) >= 11 is 1.47. The smallest absolute Gasteiger partial charge is 0.269 e. The lowest BCUT2D eigenvalue weighted by Crippen LogP contribution is -2.11. The number of nitrogens with zero attached hydrogens (tertiary/aromatic N) is 3. The van der Waals surface area contributed by atoms with E-state index in [1.807, 2.05) is 5.38 Å². The van der Waals surface area contributed by atoms with Crippen LogP contribution in [0, 0.1) is 17.2 Å². The second kappa shape index (κ2) is 5.14. The minimum atomic E-state index is 0.416. The van der Waals surface area contributed by atoms with Crippen molar-refractivity contribution in [2.45, 2.75) is 38.5 Å². The van der Waals surface area contributed by atoms with Gasteiger partial charge in [0, 0.05) is 5.92 Å². The van der Waals surface area contributed by atoms with Crippen molar-refractivity contribution in [3.8, 4) is 16.8 Å². The van der Waals surface area contributed by atoms with Gasteiger partial charge in [0.1, 0.15) is 10.9 Å². The molecule has 4 nitrogen and oxygen atoms in total. The van der Waals surface area contributed by atoms with Crippen LogP contribution in [0.15, 0.2) is 16.0 Å². The molecule has 0 bridgehead atoms. The summed E-state index contributed by atoms with van der Waals surface area (Å²) in [5.41, 5.74) is 0.609. The zero-order chi connectivity index (χ0) is 13.2. The fraction of sp³-hybridized carbons (Fsp3) is 0.500. The molecule has 1 fully saturated rings. The van der Waals surface area contributed by atoms with Gasteiger partial charge >= 0.3 is 0 Å². The lowest BCUT2D eigenvalue weighted by Gasteiger charge is -2.23. The second-order valence-corrected chi connectivity index (χ2v) is 6.11. The molecule has 0 spiro atoms. The lowest BCUT2D eigenvalue weighted by molar-refractivity contribution is 0.329. The highest BCUT2D eigenvalue weighted by atomic mass is 32.1. The van der Waals surface area contributed by atoms with Crippen molar-refractivity contribution in [1.29, 1.82) is 5.26 Å². The van der Waals surface area contributed by atoms with Gasteiger partial charge < -0.3 is 4.52 Å². The van der Waals surface area contributed by atoms with Gasteiger partial charge in [0.05, 0.1) is 5.56 Å². The van der Waals surface area contributed by atoms with Crippen molar-refractivity contribution >= 4 is 11.3 Å². The van der Waals surface area contributed by atoms with Crippen molar-refractivity contribution in [2.75, 3.05) is 0 Å². The number of hydrogen-bond acceptors (Lipinski definition) is 5. The largest absolute Gasteiger partial charge is 0.333 e. The van der Waals surface area contributed by atoms with Crippen LogP contribution in [-0.4, -0.2) is 10.1 Å². The first-order valence-electron chi connectivity index (χ1n) is 6.59. The van der Waals surface area contributed by atoms with E-state index in [4.69, 9.17) is 9.78 Å². The number of rotatable bonds is 2. The summed E-state index contributed by atoms with van der Waals surface area (Å²) in [5.74, 6) is 2.52. The fourth-order valence-electron chi connectivity index (χ4n) is 2.57. The summed E-state index contributed by atoms with van der Waals surface area (Å²) in [6, 6.07) is 3.94. The van der Waals surface area contributed by atoms with Gasteiger partial charge in [-0.1, -0.05) is 24.9 Å². The molecule has 1 aliphatic carbocycles. The predicted molar refractivity (Wildman–Crippen MR) is 72.7 cm³/mol. The van der Waals surface area contributed by atoms with Gasteiger partial charge in [-0.15, -0.1) is 11.3 Å². The Morgan fingerprint density at radius 2 is 2.16 bits per heavy atom. The minimum Gasteiger partial charge on any atom is -0.333 e. The number of aromatic nitrogens is 2. The first-order valence-corrected chi connectivity index (χ1v) is 7.47. The number of hydrogen-bond donors (Lipinski definition) is 0. The highest BCUT2D eigenvalue weighted by molar-refractivity contribution is 7.13. The molecule has 0 atom stereocenters. The maximum atomic E-state index is 9.02. The van der Waals surface area contributed by atoms with Crippen LogP contribution in [-0.2, 0) is 0 Å². The van der Waals surface area contributed by atoms with Crippen molar-refractivity contribution in [1.82, 2.24) is 10.1 Å². The van der Waals surface area contributed by atoms with Gasteiger partial charge in [-0.3, -0.25) is 0 Å². The Balaban J connectivity index is 1.82. The zero-order valence-electron chi connectivity index (χ0n) is 10.8. The molecule has 0 aromatic carbocycles. The summed E-state index contributed by atoms with van der Waals surface area (Å²) < 4.78 is 5.33. The van der Waals surface area contributed by atoms with E-state index in [-0.39, 0.29) is 0 Å². The molecule has 1 saturated carbocycles. The molecule has 2 aromatic rings. The molecule has 0 N–H and O–H groups in total. The van der Waals surface area contributed by atoms with Gasteiger partial charge in [-0.2, -0.15) is 10.2 Å². The van der Waals surface area contributed by atoms with Crippen LogP contribution in [0.3, 0.4) is 0 Å². The van der Waals surface area contributed by atoms with E-state index >= 15 is 0 Å².